The van der Waals surface area contributed by atoms with Crippen molar-refractivity contribution >= 4 is 11.9 Å². The van der Waals surface area contributed by atoms with Crippen LogP contribution in [-0.2, 0) is 9.59 Å². The molecule has 2 aliphatic rings. The highest BCUT2D eigenvalue weighted by Crippen LogP contribution is 2.24. The summed E-state index contributed by atoms with van der Waals surface area (Å²) < 4.78 is 0. The van der Waals surface area contributed by atoms with Crippen molar-refractivity contribution in [2.45, 2.75) is 63.6 Å². The average Bonchev–Trinajstić information content (AvgIpc) is 2.40. The second kappa shape index (κ2) is 8.21. The number of rotatable bonds is 2. The first-order valence-electron chi connectivity index (χ1n) is 7.28. The van der Waals surface area contributed by atoms with Gasteiger partial charge in [0.05, 0.1) is 18.1 Å². The third-order valence-corrected chi connectivity index (χ3v) is 4.15. The molecule has 0 aromatic rings. The van der Waals surface area contributed by atoms with E-state index >= 15 is 0 Å². The maximum absolute atomic E-state index is 10.6. The zero-order chi connectivity index (χ0) is 15.1. The molecule has 2 fully saturated rings. The molecule has 0 radical (unpaired) electrons. The summed E-state index contributed by atoms with van der Waals surface area (Å²) in [5.74, 6) is -1.12. The van der Waals surface area contributed by atoms with E-state index in [0.29, 0.717) is 25.7 Å². The van der Waals surface area contributed by atoms with Crippen LogP contribution in [0.4, 0.5) is 0 Å². The van der Waals surface area contributed by atoms with Crippen molar-refractivity contribution in [1.82, 2.24) is 0 Å². The molecule has 0 spiro atoms. The first-order valence-corrected chi connectivity index (χ1v) is 7.28. The number of aliphatic carboxylic acids is 1. The van der Waals surface area contributed by atoms with E-state index in [1.165, 1.54) is 0 Å². The lowest BCUT2D eigenvalue weighted by atomic mass is 9.87. The predicted molar refractivity (Wildman–Crippen MR) is 72.8 cm³/mol. The number of amides is 1. The summed E-state index contributed by atoms with van der Waals surface area (Å²) in [6.07, 6.45) is 5.10. The Balaban J connectivity index is 0.000000200. The molecule has 0 unspecified atom stereocenters. The van der Waals surface area contributed by atoms with Gasteiger partial charge in [-0.15, -0.1) is 0 Å². The second-order valence-corrected chi connectivity index (χ2v) is 5.75. The summed E-state index contributed by atoms with van der Waals surface area (Å²) in [7, 11) is 0. The number of primary amides is 1. The number of nitrogens with two attached hydrogens (primary N) is 1. The van der Waals surface area contributed by atoms with Gasteiger partial charge in [0.1, 0.15) is 0 Å². The smallest absolute Gasteiger partial charge is 0.306 e. The van der Waals surface area contributed by atoms with Gasteiger partial charge in [-0.25, -0.2) is 0 Å². The van der Waals surface area contributed by atoms with Gasteiger partial charge >= 0.3 is 5.97 Å². The van der Waals surface area contributed by atoms with Crippen LogP contribution in [0, 0.1) is 11.8 Å². The molecule has 0 bridgehead atoms. The minimum absolute atomic E-state index is 0.0170. The Morgan fingerprint density at radius 3 is 1.40 bits per heavy atom. The fourth-order valence-electron chi connectivity index (χ4n) is 2.68. The highest BCUT2D eigenvalue weighted by Gasteiger charge is 2.24. The van der Waals surface area contributed by atoms with Crippen molar-refractivity contribution in [2.75, 3.05) is 0 Å². The van der Waals surface area contributed by atoms with Crippen LogP contribution in [0.2, 0.25) is 0 Å². The molecule has 0 saturated heterocycles. The lowest BCUT2D eigenvalue weighted by Crippen LogP contribution is -2.29. The standard InChI is InChI=1S/C7H13NO2.C7H12O3/c8-7(10)5-1-3-6(9)4-2-5;8-6-3-1-5(2-4-6)7(9)10/h5-6,9H,1-4H2,(H2,8,10);5-6,8H,1-4H2,(H,9,10). The summed E-state index contributed by atoms with van der Waals surface area (Å²) in [5, 5.41) is 26.6. The molecule has 116 valence electrons. The Bertz CT molecular complexity index is 286. The van der Waals surface area contributed by atoms with Crippen LogP contribution in [0.1, 0.15) is 51.4 Å². The Morgan fingerprint density at radius 2 is 1.10 bits per heavy atom. The van der Waals surface area contributed by atoms with E-state index in [2.05, 4.69) is 0 Å². The summed E-state index contributed by atoms with van der Waals surface area (Å²) in [6, 6.07) is 0. The maximum atomic E-state index is 10.6. The van der Waals surface area contributed by atoms with Gasteiger partial charge in [0.2, 0.25) is 5.91 Å². The van der Waals surface area contributed by atoms with Crippen molar-refractivity contribution in [1.29, 1.82) is 0 Å². The predicted octanol–water partition coefficient (Wildman–Crippen LogP) is 0.645. The largest absolute Gasteiger partial charge is 0.481 e. The second-order valence-electron chi connectivity index (χ2n) is 5.75. The van der Waals surface area contributed by atoms with Crippen LogP contribution in [0.15, 0.2) is 0 Å². The van der Waals surface area contributed by atoms with Crippen LogP contribution >= 0.6 is 0 Å². The van der Waals surface area contributed by atoms with E-state index in [4.69, 9.17) is 21.1 Å². The van der Waals surface area contributed by atoms with Crippen molar-refractivity contribution in [3.05, 3.63) is 0 Å². The molecule has 0 aromatic carbocycles. The summed E-state index contributed by atoms with van der Waals surface area (Å²) >= 11 is 0. The number of aliphatic hydroxyl groups excluding tert-OH is 2. The molecule has 2 aliphatic carbocycles. The summed E-state index contributed by atoms with van der Waals surface area (Å²) in [6.45, 7) is 0. The molecule has 0 aromatic heterocycles. The Hall–Kier alpha value is -1.14. The van der Waals surface area contributed by atoms with Crippen LogP contribution in [0.3, 0.4) is 0 Å². The van der Waals surface area contributed by atoms with E-state index in [1.54, 1.807) is 0 Å². The fraction of sp³-hybridized carbons (Fsp3) is 0.857. The highest BCUT2D eigenvalue weighted by atomic mass is 16.4. The van der Waals surface area contributed by atoms with E-state index in [0.717, 1.165) is 25.7 Å². The zero-order valence-corrected chi connectivity index (χ0v) is 11.7. The number of carbonyl (C=O) groups excluding carboxylic acids is 1. The summed E-state index contributed by atoms with van der Waals surface area (Å²) in [4.78, 5) is 21.0. The van der Waals surface area contributed by atoms with Gasteiger partial charge in [0.15, 0.2) is 0 Å². The lowest BCUT2D eigenvalue weighted by molar-refractivity contribution is -0.143. The van der Waals surface area contributed by atoms with Crippen LogP contribution < -0.4 is 5.73 Å². The third kappa shape index (κ3) is 5.88. The van der Waals surface area contributed by atoms with Gasteiger partial charge in [0.25, 0.3) is 0 Å². The third-order valence-electron chi connectivity index (χ3n) is 4.15. The van der Waals surface area contributed by atoms with Crippen LogP contribution in [0.5, 0.6) is 0 Å². The Labute approximate surface area is 119 Å². The zero-order valence-electron chi connectivity index (χ0n) is 11.7. The van der Waals surface area contributed by atoms with E-state index in [1.807, 2.05) is 0 Å². The van der Waals surface area contributed by atoms with Crippen molar-refractivity contribution in [2.24, 2.45) is 17.6 Å². The Kier molecular flexibility index (Phi) is 6.95. The van der Waals surface area contributed by atoms with E-state index in [9.17, 15) is 9.59 Å². The van der Waals surface area contributed by atoms with Gasteiger partial charge in [-0.05, 0) is 51.4 Å². The molecule has 0 aliphatic heterocycles. The maximum Gasteiger partial charge on any atom is 0.306 e. The Morgan fingerprint density at radius 1 is 0.750 bits per heavy atom. The van der Waals surface area contributed by atoms with Crippen LogP contribution in [0.25, 0.3) is 0 Å². The molecular weight excluding hydrogens is 262 g/mol. The number of carboxylic acids is 1. The molecule has 2 rings (SSSR count). The molecular formula is C14H25NO5. The number of aliphatic hydroxyl groups is 2. The first kappa shape index (κ1) is 16.9. The highest BCUT2D eigenvalue weighted by molar-refractivity contribution is 5.76. The number of carbonyl (C=O) groups is 2. The molecule has 2 saturated carbocycles. The number of hydrogen-bond acceptors (Lipinski definition) is 4. The van der Waals surface area contributed by atoms with Crippen LogP contribution in [-0.4, -0.2) is 39.4 Å². The lowest BCUT2D eigenvalue weighted by Gasteiger charge is -2.22. The SMILES string of the molecule is NC(=O)C1CCC(O)CC1.O=C(O)C1CCC(O)CC1. The molecule has 6 heteroatoms. The van der Waals surface area contributed by atoms with E-state index < -0.39 is 5.97 Å². The van der Waals surface area contributed by atoms with Gasteiger partial charge < -0.3 is 21.1 Å². The topological polar surface area (TPSA) is 121 Å². The summed E-state index contributed by atoms with van der Waals surface area (Å²) in [5.41, 5.74) is 5.09. The average molecular weight is 287 g/mol. The van der Waals surface area contributed by atoms with Gasteiger partial charge in [-0.2, -0.15) is 0 Å². The molecule has 5 N–H and O–H groups in total. The minimum Gasteiger partial charge on any atom is -0.481 e. The quantitative estimate of drug-likeness (QED) is 0.594. The van der Waals surface area contributed by atoms with Gasteiger partial charge in [0, 0.05) is 5.92 Å². The monoisotopic (exact) mass is 287 g/mol. The number of carboxylic acid groups (broad SMARTS) is 1. The van der Waals surface area contributed by atoms with Crippen molar-refractivity contribution in [3.8, 4) is 0 Å². The first-order chi connectivity index (χ1) is 9.40. The number of hydrogen-bond donors (Lipinski definition) is 4. The molecule has 1 amide bonds. The van der Waals surface area contributed by atoms with Crippen molar-refractivity contribution in [3.63, 3.8) is 0 Å². The minimum atomic E-state index is -0.716. The molecule has 20 heavy (non-hydrogen) atoms. The van der Waals surface area contributed by atoms with Gasteiger partial charge in [-0.3, -0.25) is 9.59 Å². The fourth-order valence-corrected chi connectivity index (χ4v) is 2.68. The van der Waals surface area contributed by atoms with Gasteiger partial charge in [-0.1, -0.05) is 0 Å². The normalized spacial score (nSPS) is 33.7. The van der Waals surface area contributed by atoms with Crippen molar-refractivity contribution < 1.29 is 24.9 Å². The van der Waals surface area contributed by atoms with E-state index in [-0.39, 0.29) is 30.0 Å². The molecule has 6 nitrogen and oxygen atoms in total. The molecule has 0 heterocycles. The molecule has 0 atom stereocenters.